The van der Waals surface area contributed by atoms with E-state index in [4.69, 9.17) is 40.9 Å². The molecule has 0 heterocycles. The molecular formula is C16H56O8. The Morgan fingerprint density at radius 3 is 0.167 bits per heavy atom. The summed E-state index contributed by atoms with van der Waals surface area (Å²) >= 11 is 0. The highest BCUT2D eigenvalue weighted by molar-refractivity contribution is 3.51. The second-order valence-electron chi connectivity index (χ2n) is 0. The monoisotopic (exact) mass is 376 g/mol. The first-order valence-corrected chi connectivity index (χ1v) is 7.58. The quantitative estimate of drug-likeness (QED) is 0.310. The Kier molecular flexibility index (Phi) is 387000. The molecule has 0 bridgehead atoms. The van der Waals surface area contributed by atoms with Gasteiger partial charge in [-0.2, -0.15) is 0 Å². The van der Waals surface area contributed by atoms with Crippen molar-refractivity contribution in [1.82, 2.24) is 0 Å². The van der Waals surface area contributed by atoms with Crippen LogP contribution in [-0.2, 0) is 0 Å². The van der Waals surface area contributed by atoms with Crippen molar-refractivity contribution in [3.8, 4) is 0 Å². The maximum Gasteiger partial charge on any atom is 0.0319 e. The van der Waals surface area contributed by atoms with E-state index in [2.05, 4.69) is 0 Å². The molecule has 0 aliphatic rings. The highest BCUT2D eigenvalue weighted by atomic mass is 16.2. The molecule has 0 unspecified atom stereocenters. The molecule has 0 spiro atoms. The van der Waals surface area contributed by atoms with Crippen LogP contribution in [0.4, 0.5) is 0 Å². The summed E-state index contributed by atoms with van der Waals surface area (Å²) in [4.78, 5) is 0. The summed E-state index contributed by atoms with van der Waals surface area (Å²) in [7, 11) is 8.00. The maximum atomic E-state index is 7.00. The van der Waals surface area contributed by atoms with Crippen LogP contribution in [0, 0.1) is 0 Å². The molecule has 8 heteroatoms. The first kappa shape index (κ1) is 89.3. The minimum atomic E-state index is 1.00. The largest absolute Gasteiger partial charge is 0.400 e. The highest BCUT2D eigenvalue weighted by Crippen LogP contribution is 1.15. The second-order valence-corrected chi connectivity index (χ2v) is 0. The number of hydrogen-bond donors (Lipinski definition) is 8. The summed E-state index contributed by atoms with van der Waals surface area (Å²) < 4.78 is 0. The van der Waals surface area contributed by atoms with E-state index < -0.39 is 0 Å². The molecule has 24 heavy (non-hydrogen) atoms. The van der Waals surface area contributed by atoms with Gasteiger partial charge in [0.2, 0.25) is 0 Å². The van der Waals surface area contributed by atoms with Gasteiger partial charge in [0.15, 0.2) is 0 Å². The normalized spacial score (nSPS) is 3.00. The number of aliphatic hydroxyl groups excluding tert-OH is 8. The summed E-state index contributed by atoms with van der Waals surface area (Å²) in [5.74, 6) is 0. The topological polar surface area (TPSA) is 162 Å². The van der Waals surface area contributed by atoms with Crippen LogP contribution < -0.4 is 0 Å². The van der Waals surface area contributed by atoms with E-state index in [-0.39, 0.29) is 0 Å². The van der Waals surface area contributed by atoms with E-state index in [9.17, 15) is 0 Å². The third-order valence-corrected chi connectivity index (χ3v) is 0. The van der Waals surface area contributed by atoms with Crippen LogP contribution in [0.15, 0.2) is 0 Å². The van der Waals surface area contributed by atoms with Gasteiger partial charge < -0.3 is 40.9 Å². The van der Waals surface area contributed by atoms with Gasteiger partial charge in [-0.15, -0.1) is 0 Å². The van der Waals surface area contributed by atoms with E-state index in [1.165, 1.54) is 0 Å². The Hall–Kier alpha value is -0.320. The molecule has 0 atom stereocenters. The van der Waals surface area contributed by atoms with Crippen LogP contribution in [-0.4, -0.2) is 97.7 Å². The molecule has 0 aromatic heterocycles. The third-order valence-electron chi connectivity index (χ3n) is 0. The molecular weight excluding hydrogens is 320 g/mol. The number of aliphatic hydroxyl groups is 8. The van der Waals surface area contributed by atoms with E-state index >= 15 is 0 Å². The van der Waals surface area contributed by atoms with Crippen molar-refractivity contribution in [2.24, 2.45) is 0 Å². The molecule has 0 aliphatic heterocycles. The van der Waals surface area contributed by atoms with Crippen LogP contribution in [0.5, 0.6) is 0 Å². The summed E-state index contributed by atoms with van der Waals surface area (Å²) in [5, 5.41) is 56.0. The summed E-state index contributed by atoms with van der Waals surface area (Å²) in [6, 6.07) is 0. The Labute approximate surface area is 154 Å². The van der Waals surface area contributed by atoms with Crippen LogP contribution in [0.25, 0.3) is 0 Å². The molecule has 0 aromatic carbocycles. The summed E-state index contributed by atoms with van der Waals surface area (Å²) in [6.45, 7) is 16.0. The van der Waals surface area contributed by atoms with Gasteiger partial charge in [-0.1, -0.05) is 55.4 Å². The minimum Gasteiger partial charge on any atom is -0.400 e. The summed E-state index contributed by atoms with van der Waals surface area (Å²) in [5.41, 5.74) is 0. The summed E-state index contributed by atoms with van der Waals surface area (Å²) in [6.07, 6.45) is 0. The lowest BCUT2D eigenvalue weighted by Crippen LogP contribution is -1.25. The van der Waals surface area contributed by atoms with Crippen molar-refractivity contribution < 1.29 is 40.9 Å². The van der Waals surface area contributed by atoms with Crippen molar-refractivity contribution in [2.75, 3.05) is 56.9 Å². The van der Waals surface area contributed by atoms with Gasteiger partial charge in [-0.25, -0.2) is 0 Å². The standard InChI is InChI=1S/4C2H6.8CH4O/c12*1-2/h4*1-2H3;8*2H,1H3. The predicted octanol–water partition coefficient (Wildman–Crippen LogP) is 0.973. The maximum absolute atomic E-state index is 7.00. The van der Waals surface area contributed by atoms with Crippen LogP contribution in [0.1, 0.15) is 55.4 Å². The lowest BCUT2D eigenvalue weighted by atomic mass is 11.0. The van der Waals surface area contributed by atoms with Crippen molar-refractivity contribution in [3.63, 3.8) is 0 Å². The second kappa shape index (κ2) is 104000. The van der Waals surface area contributed by atoms with Crippen molar-refractivity contribution >= 4 is 0 Å². The number of hydrogen-bond acceptors (Lipinski definition) is 8. The molecule has 0 saturated heterocycles. The van der Waals surface area contributed by atoms with Gasteiger partial charge >= 0.3 is 0 Å². The van der Waals surface area contributed by atoms with Crippen molar-refractivity contribution in [3.05, 3.63) is 0 Å². The van der Waals surface area contributed by atoms with Crippen LogP contribution in [0.2, 0.25) is 0 Å². The molecule has 0 fully saturated rings. The van der Waals surface area contributed by atoms with Gasteiger partial charge in [-0.05, 0) is 0 Å². The molecule has 8 N–H and O–H groups in total. The SMILES string of the molecule is CC.CC.CC.CC.CO.CO.CO.CO.CO.CO.CO.CO. The van der Waals surface area contributed by atoms with E-state index in [1.807, 2.05) is 55.4 Å². The lowest BCUT2D eigenvalue weighted by Gasteiger charge is -1.21. The molecule has 0 aliphatic carbocycles. The Balaban J connectivity index is -0.00000000655. The average molecular weight is 377 g/mol. The fourth-order valence-electron chi connectivity index (χ4n) is 0. The highest BCUT2D eigenvalue weighted by Gasteiger charge is 0.939. The smallest absolute Gasteiger partial charge is 0.0319 e. The van der Waals surface area contributed by atoms with Gasteiger partial charge in [0.05, 0.1) is 0 Å². The van der Waals surface area contributed by atoms with E-state index in [0.717, 1.165) is 56.9 Å². The van der Waals surface area contributed by atoms with Crippen molar-refractivity contribution in [1.29, 1.82) is 0 Å². The van der Waals surface area contributed by atoms with Crippen molar-refractivity contribution in [2.45, 2.75) is 55.4 Å². The van der Waals surface area contributed by atoms with Crippen LogP contribution >= 0.6 is 0 Å². The molecule has 168 valence electrons. The molecule has 0 amide bonds. The zero-order valence-electron chi connectivity index (χ0n) is 19.6. The molecule has 0 rings (SSSR count). The number of rotatable bonds is 0. The van der Waals surface area contributed by atoms with Gasteiger partial charge in [0, 0.05) is 56.9 Å². The van der Waals surface area contributed by atoms with E-state index in [0.29, 0.717) is 0 Å². The Morgan fingerprint density at radius 1 is 0.167 bits per heavy atom. The Morgan fingerprint density at radius 2 is 0.167 bits per heavy atom. The first-order chi connectivity index (χ1) is 12.0. The van der Waals surface area contributed by atoms with Gasteiger partial charge in [0.25, 0.3) is 0 Å². The fourth-order valence-corrected chi connectivity index (χ4v) is 0. The average Bonchev–Trinajstić information content (AvgIpc) is 2.84. The van der Waals surface area contributed by atoms with Gasteiger partial charge in [-0.3, -0.25) is 0 Å². The third kappa shape index (κ3) is 90500. The van der Waals surface area contributed by atoms with Gasteiger partial charge in [0.1, 0.15) is 0 Å². The predicted molar refractivity (Wildman–Crippen MR) is 111 cm³/mol. The fraction of sp³-hybridized carbons (Fsp3) is 1.00. The molecule has 8 nitrogen and oxygen atoms in total. The zero-order valence-corrected chi connectivity index (χ0v) is 19.6. The van der Waals surface area contributed by atoms with Crippen LogP contribution in [0.3, 0.4) is 0 Å². The minimum absolute atomic E-state index is 1.00. The first-order valence-electron chi connectivity index (χ1n) is 7.58. The molecule has 0 aromatic rings. The Bertz CT molecular complexity index is 22.0. The molecule has 0 radical (unpaired) electrons. The zero-order chi connectivity index (χ0) is 24.0. The molecule has 0 saturated carbocycles. The van der Waals surface area contributed by atoms with E-state index in [1.54, 1.807) is 0 Å². The lowest BCUT2D eigenvalue weighted by molar-refractivity contribution is 0.399.